The van der Waals surface area contributed by atoms with Gasteiger partial charge >= 0.3 is 5.69 Å². The molecular weight excluding hydrogens is 328 g/mol. The summed E-state index contributed by atoms with van der Waals surface area (Å²) in [5.41, 5.74) is 4.79. The van der Waals surface area contributed by atoms with Crippen molar-refractivity contribution in [2.75, 3.05) is 5.32 Å². The van der Waals surface area contributed by atoms with E-state index in [1.807, 2.05) is 63.2 Å². The van der Waals surface area contributed by atoms with Gasteiger partial charge < -0.3 is 5.32 Å². The predicted octanol–water partition coefficient (Wildman–Crippen LogP) is 2.87. The van der Waals surface area contributed by atoms with Crippen molar-refractivity contribution in [2.24, 2.45) is 0 Å². The first-order chi connectivity index (χ1) is 12.4. The zero-order valence-electron chi connectivity index (χ0n) is 15.0. The molecule has 3 rings (SSSR count). The molecule has 0 saturated carbocycles. The Hall–Kier alpha value is -3.28. The molecule has 3 aromatic rings. The molecule has 26 heavy (non-hydrogen) atoms. The number of carbonyl (C=O) groups is 1. The second kappa shape index (κ2) is 7.31. The van der Waals surface area contributed by atoms with E-state index in [1.54, 1.807) is 0 Å². The third kappa shape index (κ3) is 4.03. The van der Waals surface area contributed by atoms with Gasteiger partial charge in [0.1, 0.15) is 6.54 Å². The standard InChI is InChI=1S/C20H20N4O2/c1-13-4-7-16(8-5-13)18-11-21-24(20(26)23-18)12-19(25)22-17-9-6-14(2)15(3)10-17/h4-11H,12H2,1-3H3,(H,22,25). The summed E-state index contributed by atoms with van der Waals surface area (Å²) in [6.45, 7) is 5.78. The number of benzene rings is 2. The maximum Gasteiger partial charge on any atom is 0.365 e. The Morgan fingerprint density at radius 1 is 1.04 bits per heavy atom. The summed E-state index contributed by atoms with van der Waals surface area (Å²) in [7, 11) is 0. The minimum Gasteiger partial charge on any atom is -0.324 e. The van der Waals surface area contributed by atoms with Crippen LogP contribution in [0.15, 0.2) is 53.5 Å². The van der Waals surface area contributed by atoms with E-state index in [2.05, 4.69) is 15.4 Å². The van der Waals surface area contributed by atoms with Gasteiger partial charge in [-0.3, -0.25) is 4.79 Å². The highest BCUT2D eigenvalue weighted by molar-refractivity contribution is 5.90. The lowest BCUT2D eigenvalue weighted by Gasteiger charge is -2.09. The Morgan fingerprint density at radius 2 is 1.77 bits per heavy atom. The summed E-state index contributed by atoms with van der Waals surface area (Å²) in [4.78, 5) is 28.4. The minimum absolute atomic E-state index is 0.188. The van der Waals surface area contributed by atoms with Crippen LogP contribution in [-0.2, 0) is 11.3 Å². The normalized spacial score (nSPS) is 10.6. The molecule has 0 spiro atoms. The molecule has 0 saturated heterocycles. The van der Waals surface area contributed by atoms with Crippen LogP contribution in [0.5, 0.6) is 0 Å². The molecule has 1 N–H and O–H groups in total. The van der Waals surface area contributed by atoms with Crippen LogP contribution < -0.4 is 11.0 Å². The number of amides is 1. The smallest absolute Gasteiger partial charge is 0.324 e. The summed E-state index contributed by atoms with van der Waals surface area (Å²) in [5, 5.41) is 6.84. The van der Waals surface area contributed by atoms with Crippen LogP contribution in [-0.4, -0.2) is 20.7 Å². The van der Waals surface area contributed by atoms with Gasteiger partial charge in [0, 0.05) is 11.3 Å². The molecule has 132 valence electrons. The molecule has 0 atom stereocenters. The van der Waals surface area contributed by atoms with E-state index in [4.69, 9.17) is 0 Å². The quantitative estimate of drug-likeness (QED) is 0.786. The van der Waals surface area contributed by atoms with E-state index in [-0.39, 0.29) is 12.5 Å². The highest BCUT2D eigenvalue weighted by atomic mass is 16.2. The van der Waals surface area contributed by atoms with Crippen molar-refractivity contribution < 1.29 is 4.79 Å². The number of rotatable bonds is 4. The summed E-state index contributed by atoms with van der Waals surface area (Å²) >= 11 is 0. The Bertz CT molecular complexity index is 1010. The fraction of sp³-hybridized carbons (Fsp3) is 0.200. The number of nitrogens with zero attached hydrogens (tertiary/aromatic N) is 3. The van der Waals surface area contributed by atoms with Crippen LogP contribution in [0.25, 0.3) is 11.3 Å². The van der Waals surface area contributed by atoms with E-state index in [1.165, 1.54) is 6.20 Å². The molecular formula is C20H20N4O2. The Labute approximate surface area is 151 Å². The summed E-state index contributed by atoms with van der Waals surface area (Å²) in [5.74, 6) is -0.326. The predicted molar refractivity (Wildman–Crippen MR) is 101 cm³/mol. The lowest BCUT2D eigenvalue weighted by Crippen LogP contribution is -2.31. The van der Waals surface area contributed by atoms with E-state index >= 15 is 0 Å². The van der Waals surface area contributed by atoms with E-state index in [0.717, 1.165) is 26.9 Å². The van der Waals surface area contributed by atoms with Crippen LogP contribution in [0.3, 0.4) is 0 Å². The maximum absolute atomic E-state index is 12.2. The summed E-state index contributed by atoms with van der Waals surface area (Å²) < 4.78 is 1.05. The van der Waals surface area contributed by atoms with Gasteiger partial charge in [-0.15, -0.1) is 0 Å². The minimum atomic E-state index is -0.557. The van der Waals surface area contributed by atoms with Gasteiger partial charge in [-0.1, -0.05) is 35.9 Å². The molecule has 1 heterocycles. The highest BCUT2D eigenvalue weighted by Crippen LogP contribution is 2.15. The number of carbonyl (C=O) groups excluding carboxylic acids is 1. The lowest BCUT2D eigenvalue weighted by atomic mass is 10.1. The molecule has 1 aromatic heterocycles. The van der Waals surface area contributed by atoms with Crippen LogP contribution in [0.2, 0.25) is 0 Å². The van der Waals surface area contributed by atoms with Crippen LogP contribution >= 0.6 is 0 Å². The first kappa shape index (κ1) is 17.5. The molecule has 1 amide bonds. The third-order valence-corrected chi connectivity index (χ3v) is 4.19. The fourth-order valence-corrected chi connectivity index (χ4v) is 2.49. The van der Waals surface area contributed by atoms with Crippen molar-refractivity contribution in [3.05, 3.63) is 75.8 Å². The number of anilines is 1. The van der Waals surface area contributed by atoms with Crippen molar-refractivity contribution >= 4 is 11.6 Å². The largest absolute Gasteiger partial charge is 0.365 e. The second-order valence-electron chi connectivity index (χ2n) is 6.30. The van der Waals surface area contributed by atoms with E-state index in [9.17, 15) is 9.59 Å². The zero-order valence-corrected chi connectivity index (χ0v) is 15.0. The molecule has 0 radical (unpaired) electrons. The van der Waals surface area contributed by atoms with Crippen molar-refractivity contribution in [3.63, 3.8) is 0 Å². The van der Waals surface area contributed by atoms with Gasteiger partial charge in [0.15, 0.2) is 0 Å². The van der Waals surface area contributed by atoms with E-state index < -0.39 is 5.69 Å². The molecule has 0 aliphatic heterocycles. The molecule has 0 unspecified atom stereocenters. The molecule has 0 aliphatic carbocycles. The number of aryl methyl sites for hydroxylation is 3. The second-order valence-corrected chi connectivity index (χ2v) is 6.30. The maximum atomic E-state index is 12.2. The topological polar surface area (TPSA) is 76.9 Å². The van der Waals surface area contributed by atoms with Crippen molar-refractivity contribution in [2.45, 2.75) is 27.3 Å². The Morgan fingerprint density at radius 3 is 2.42 bits per heavy atom. The van der Waals surface area contributed by atoms with Crippen molar-refractivity contribution in [3.8, 4) is 11.3 Å². The SMILES string of the molecule is Cc1ccc(-c2cnn(CC(=O)Nc3ccc(C)c(C)c3)c(=O)n2)cc1. The summed E-state index contributed by atoms with van der Waals surface area (Å²) in [6.07, 6.45) is 1.50. The van der Waals surface area contributed by atoms with Gasteiger partial charge in [0.05, 0.1) is 11.9 Å². The van der Waals surface area contributed by atoms with Gasteiger partial charge in [-0.25, -0.2) is 9.48 Å². The van der Waals surface area contributed by atoms with Crippen molar-refractivity contribution in [1.29, 1.82) is 0 Å². The number of aromatic nitrogens is 3. The Kier molecular flexibility index (Phi) is 4.93. The van der Waals surface area contributed by atoms with E-state index in [0.29, 0.717) is 11.4 Å². The monoisotopic (exact) mass is 348 g/mol. The van der Waals surface area contributed by atoms with Crippen LogP contribution in [0.4, 0.5) is 5.69 Å². The van der Waals surface area contributed by atoms with Gasteiger partial charge in [0.2, 0.25) is 5.91 Å². The highest BCUT2D eigenvalue weighted by Gasteiger charge is 2.09. The zero-order chi connectivity index (χ0) is 18.7. The third-order valence-electron chi connectivity index (χ3n) is 4.19. The van der Waals surface area contributed by atoms with Gasteiger partial charge in [-0.05, 0) is 44.0 Å². The number of hydrogen-bond donors (Lipinski definition) is 1. The average Bonchev–Trinajstić information content (AvgIpc) is 2.60. The Balaban J connectivity index is 1.73. The van der Waals surface area contributed by atoms with Crippen LogP contribution in [0.1, 0.15) is 16.7 Å². The first-order valence-electron chi connectivity index (χ1n) is 8.31. The van der Waals surface area contributed by atoms with Gasteiger partial charge in [0.25, 0.3) is 0 Å². The van der Waals surface area contributed by atoms with Gasteiger partial charge in [-0.2, -0.15) is 10.1 Å². The summed E-state index contributed by atoms with van der Waals surface area (Å²) in [6, 6.07) is 13.3. The molecule has 0 aliphatic rings. The fourth-order valence-electron chi connectivity index (χ4n) is 2.49. The molecule has 0 fully saturated rings. The molecule has 6 heteroatoms. The molecule has 6 nitrogen and oxygen atoms in total. The average molecular weight is 348 g/mol. The van der Waals surface area contributed by atoms with Crippen molar-refractivity contribution in [1.82, 2.24) is 14.8 Å². The lowest BCUT2D eigenvalue weighted by molar-refractivity contribution is -0.117. The molecule has 2 aromatic carbocycles. The van der Waals surface area contributed by atoms with Crippen LogP contribution in [0, 0.1) is 20.8 Å². The molecule has 0 bridgehead atoms. The number of nitrogens with one attached hydrogen (secondary N) is 1. The first-order valence-corrected chi connectivity index (χ1v) is 8.31. The number of hydrogen-bond acceptors (Lipinski definition) is 4.